The van der Waals surface area contributed by atoms with Gasteiger partial charge < -0.3 is 19.5 Å². The predicted molar refractivity (Wildman–Crippen MR) is 121 cm³/mol. The smallest absolute Gasteiger partial charge is 0.251 e. The predicted octanol–water partition coefficient (Wildman–Crippen LogP) is 3.51. The Morgan fingerprint density at radius 3 is 2.59 bits per heavy atom. The van der Waals surface area contributed by atoms with Crippen LogP contribution in [0.3, 0.4) is 0 Å². The second kappa shape index (κ2) is 9.84. The number of para-hydroxylation sites is 2. The van der Waals surface area contributed by atoms with E-state index >= 15 is 0 Å². The average Bonchev–Trinajstić information content (AvgIpc) is 2.83. The molecule has 1 aliphatic heterocycles. The standard InChI is InChI=1S/C24H24N2O5S/c1-29-22-4-2-3-5-23(22)31-21-12-13-30-20-11-8-17(14-19(20)21)24(27)26-15-16-6-9-18(10-7-16)32(25)28/h2-11,14,21H,12-13,15,25H2,1H3,(H,26,27). The SMILES string of the molecule is COc1ccccc1OC1CCOc2ccc(C(=O)NCc3ccc(S(N)=O)cc3)cc21. The number of amides is 1. The molecule has 1 aliphatic rings. The topological polar surface area (TPSA) is 99.9 Å². The molecule has 0 saturated heterocycles. The van der Waals surface area contributed by atoms with Crippen LogP contribution in [0.1, 0.15) is 34.0 Å². The summed E-state index contributed by atoms with van der Waals surface area (Å²) in [6.07, 6.45) is 0.401. The Kier molecular flexibility index (Phi) is 6.72. The zero-order chi connectivity index (χ0) is 22.5. The molecule has 0 aliphatic carbocycles. The van der Waals surface area contributed by atoms with Gasteiger partial charge in [0.05, 0.1) is 18.6 Å². The summed E-state index contributed by atoms with van der Waals surface area (Å²) in [5, 5.41) is 8.27. The summed E-state index contributed by atoms with van der Waals surface area (Å²) in [5.74, 6) is 1.79. The van der Waals surface area contributed by atoms with Gasteiger partial charge in [-0.25, -0.2) is 9.35 Å². The molecule has 166 valence electrons. The van der Waals surface area contributed by atoms with Gasteiger partial charge in [-0.05, 0) is 48.0 Å². The van der Waals surface area contributed by atoms with Crippen LogP contribution in [0, 0.1) is 0 Å². The summed E-state index contributed by atoms with van der Waals surface area (Å²) in [6.45, 7) is 0.868. The molecule has 3 aromatic carbocycles. The summed E-state index contributed by atoms with van der Waals surface area (Å²) >= 11 is 0. The third-order valence-electron chi connectivity index (χ3n) is 5.20. The van der Waals surface area contributed by atoms with Gasteiger partial charge in [0.25, 0.3) is 5.91 Å². The molecule has 0 saturated carbocycles. The van der Waals surface area contributed by atoms with Crippen molar-refractivity contribution >= 4 is 16.9 Å². The van der Waals surface area contributed by atoms with E-state index < -0.39 is 11.0 Å². The van der Waals surface area contributed by atoms with E-state index in [-0.39, 0.29) is 12.0 Å². The molecule has 8 heteroatoms. The van der Waals surface area contributed by atoms with Crippen molar-refractivity contribution in [2.75, 3.05) is 13.7 Å². The van der Waals surface area contributed by atoms with Crippen molar-refractivity contribution in [3.05, 3.63) is 83.4 Å². The molecule has 32 heavy (non-hydrogen) atoms. The summed E-state index contributed by atoms with van der Waals surface area (Å²) in [5.41, 5.74) is 2.22. The van der Waals surface area contributed by atoms with Crippen LogP contribution >= 0.6 is 0 Å². The number of hydrogen-bond acceptors (Lipinski definition) is 5. The number of nitrogens with one attached hydrogen (secondary N) is 1. The lowest BCUT2D eigenvalue weighted by atomic mass is 10.00. The van der Waals surface area contributed by atoms with Crippen molar-refractivity contribution in [3.63, 3.8) is 0 Å². The Bertz CT molecular complexity index is 1130. The van der Waals surface area contributed by atoms with Crippen molar-refractivity contribution in [2.45, 2.75) is 24.0 Å². The Hall–Kier alpha value is -3.36. The molecule has 0 bridgehead atoms. The van der Waals surface area contributed by atoms with Crippen molar-refractivity contribution < 1.29 is 23.2 Å². The van der Waals surface area contributed by atoms with Gasteiger partial charge in [-0.3, -0.25) is 4.79 Å². The van der Waals surface area contributed by atoms with Gasteiger partial charge in [-0.2, -0.15) is 0 Å². The Morgan fingerprint density at radius 2 is 1.88 bits per heavy atom. The molecule has 3 aromatic rings. The first-order valence-corrected chi connectivity index (χ1v) is 11.4. The molecule has 2 unspecified atom stereocenters. The number of carbonyl (C=O) groups is 1. The highest BCUT2D eigenvalue weighted by Gasteiger charge is 2.25. The lowest BCUT2D eigenvalue weighted by Crippen LogP contribution is -2.24. The Balaban J connectivity index is 1.48. The minimum atomic E-state index is -1.52. The molecule has 0 radical (unpaired) electrons. The van der Waals surface area contributed by atoms with Gasteiger partial charge in [-0.15, -0.1) is 0 Å². The number of ether oxygens (including phenoxy) is 3. The van der Waals surface area contributed by atoms with E-state index in [1.807, 2.05) is 30.3 Å². The fourth-order valence-corrected chi connectivity index (χ4v) is 3.93. The van der Waals surface area contributed by atoms with Crippen LogP contribution in [0.15, 0.2) is 71.6 Å². The average molecular weight is 453 g/mol. The highest BCUT2D eigenvalue weighted by molar-refractivity contribution is 7.82. The van der Waals surface area contributed by atoms with E-state index in [0.717, 1.165) is 11.1 Å². The maximum Gasteiger partial charge on any atom is 0.251 e. The van der Waals surface area contributed by atoms with E-state index in [2.05, 4.69) is 5.32 Å². The summed E-state index contributed by atoms with van der Waals surface area (Å²) in [7, 11) is 0.0820. The summed E-state index contributed by atoms with van der Waals surface area (Å²) in [6, 6.07) is 19.8. The molecule has 1 amide bonds. The first-order valence-electron chi connectivity index (χ1n) is 10.1. The van der Waals surface area contributed by atoms with Crippen LogP contribution in [-0.2, 0) is 17.5 Å². The van der Waals surface area contributed by atoms with Crippen molar-refractivity contribution in [3.8, 4) is 17.2 Å². The van der Waals surface area contributed by atoms with E-state index in [4.69, 9.17) is 19.3 Å². The highest BCUT2D eigenvalue weighted by atomic mass is 32.2. The minimum Gasteiger partial charge on any atom is -0.493 e. The van der Waals surface area contributed by atoms with Gasteiger partial charge in [0.1, 0.15) is 22.8 Å². The largest absolute Gasteiger partial charge is 0.493 e. The molecular formula is C24H24N2O5S. The first-order chi connectivity index (χ1) is 15.5. The third kappa shape index (κ3) is 4.92. The van der Waals surface area contributed by atoms with Crippen LogP contribution < -0.4 is 24.7 Å². The maximum absolute atomic E-state index is 12.8. The summed E-state index contributed by atoms with van der Waals surface area (Å²) in [4.78, 5) is 13.3. The van der Waals surface area contributed by atoms with E-state index in [1.54, 1.807) is 43.5 Å². The monoisotopic (exact) mass is 452 g/mol. The van der Waals surface area contributed by atoms with E-state index in [0.29, 0.717) is 47.3 Å². The molecule has 3 N–H and O–H groups in total. The van der Waals surface area contributed by atoms with Crippen molar-refractivity contribution in [1.29, 1.82) is 0 Å². The number of methoxy groups -OCH3 is 1. The highest BCUT2D eigenvalue weighted by Crippen LogP contribution is 2.38. The van der Waals surface area contributed by atoms with Gasteiger partial charge in [0, 0.05) is 24.1 Å². The number of rotatable bonds is 7. The van der Waals surface area contributed by atoms with Gasteiger partial charge in [-0.1, -0.05) is 24.3 Å². The molecule has 2 atom stereocenters. The van der Waals surface area contributed by atoms with Gasteiger partial charge >= 0.3 is 0 Å². The molecule has 1 heterocycles. The number of fused-ring (bicyclic) bond motifs is 1. The van der Waals surface area contributed by atoms with Gasteiger partial charge in [0.15, 0.2) is 11.5 Å². The molecule has 0 aromatic heterocycles. The van der Waals surface area contributed by atoms with Crippen LogP contribution in [0.25, 0.3) is 0 Å². The summed E-state index contributed by atoms with van der Waals surface area (Å²) < 4.78 is 28.7. The number of hydrogen-bond donors (Lipinski definition) is 2. The van der Waals surface area contributed by atoms with Crippen LogP contribution in [0.2, 0.25) is 0 Å². The second-order valence-corrected chi connectivity index (χ2v) is 8.34. The lowest BCUT2D eigenvalue weighted by Gasteiger charge is -2.27. The molecular weight excluding hydrogens is 428 g/mol. The van der Waals surface area contributed by atoms with E-state index in [9.17, 15) is 9.00 Å². The van der Waals surface area contributed by atoms with Gasteiger partial charge in [0.2, 0.25) is 0 Å². The second-order valence-electron chi connectivity index (χ2n) is 7.27. The Labute approximate surface area is 189 Å². The zero-order valence-electron chi connectivity index (χ0n) is 17.6. The molecule has 4 rings (SSSR count). The quantitative estimate of drug-likeness (QED) is 0.572. The minimum absolute atomic E-state index is 0.208. The molecule has 0 fully saturated rings. The number of nitrogens with two attached hydrogens (primary N) is 1. The number of carbonyl (C=O) groups excluding carboxylic acids is 1. The maximum atomic E-state index is 12.8. The fraction of sp³-hybridized carbons (Fsp3) is 0.208. The fourth-order valence-electron chi connectivity index (χ4n) is 3.52. The zero-order valence-corrected chi connectivity index (χ0v) is 18.4. The van der Waals surface area contributed by atoms with Crippen LogP contribution in [0.4, 0.5) is 0 Å². The van der Waals surface area contributed by atoms with E-state index in [1.165, 1.54) is 0 Å². The first kappa shape index (κ1) is 21.9. The van der Waals surface area contributed by atoms with Crippen molar-refractivity contribution in [2.24, 2.45) is 5.14 Å². The van der Waals surface area contributed by atoms with Crippen LogP contribution in [0.5, 0.6) is 17.2 Å². The number of benzene rings is 3. The lowest BCUT2D eigenvalue weighted by molar-refractivity contribution is 0.0949. The van der Waals surface area contributed by atoms with Crippen molar-refractivity contribution in [1.82, 2.24) is 5.32 Å². The Morgan fingerprint density at radius 1 is 1.12 bits per heavy atom. The molecule has 0 spiro atoms. The normalized spacial score (nSPS) is 15.8. The van der Waals surface area contributed by atoms with Crippen LogP contribution in [-0.4, -0.2) is 23.8 Å². The third-order valence-corrected chi connectivity index (χ3v) is 5.94. The molecule has 7 nitrogen and oxygen atoms in total.